The monoisotopic (exact) mass is 307 g/mol. The van der Waals surface area contributed by atoms with E-state index in [1.807, 2.05) is 6.07 Å². The van der Waals surface area contributed by atoms with Crippen molar-refractivity contribution in [3.05, 3.63) is 48.0 Å². The van der Waals surface area contributed by atoms with Crippen molar-refractivity contribution in [1.29, 1.82) is 5.26 Å². The summed E-state index contributed by atoms with van der Waals surface area (Å²) in [5.74, 6) is 0. The number of nitriles is 1. The highest BCUT2D eigenvalue weighted by Gasteiger charge is 2.42. The molecule has 6 nitrogen and oxygen atoms in total. The quantitative estimate of drug-likeness (QED) is 0.819. The number of hydroxylamine groups is 2. The maximum absolute atomic E-state index is 12.3. The van der Waals surface area contributed by atoms with E-state index in [4.69, 9.17) is 10.1 Å². The fourth-order valence-corrected chi connectivity index (χ4v) is 3.79. The summed E-state index contributed by atoms with van der Waals surface area (Å²) in [4.78, 5) is 5.38. The van der Waals surface area contributed by atoms with Crippen LogP contribution in [0.3, 0.4) is 0 Å². The fourth-order valence-electron chi connectivity index (χ4n) is 2.32. The Morgan fingerprint density at radius 2 is 2.19 bits per heavy atom. The van der Waals surface area contributed by atoms with E-state index in [9.17, 15) is 8.42 Å². The molecule has 0 spiro atoms. The zero-order chi connectivity index (χ0) is 15.5. The number of hydrogen-bond donors (Lipinski definition) is 1. The van der Waals surface area contributed by atoms with Crippen molar-refractivity contribution in [2.45, 2.75) is 11.3 Å². The van der Waals surface area contributed by atoms with Gasteiger partial charge in [-0.3, -0.25) is 4.84 Å². The number of hydrogen-bond acceptors (Lipinski definition) is 5. The summed E-state index contributed by atoms with van der Waals surface area (Å²) in [6.45, 7) is 3.78. The molecule has 0 radical (unpaired) electrons. The van der Waals surface area contributed by atoms with Crippen molar-refractivity contribution in [1.82, 2.24) is 9.79 Å². The SMILES string of the molecule is C=CCNS(=O)(=O)C1CON(C)C1c1ccc(C#N)cc1. The van der Waals surface area contributed by atoms with E-state index in [0.717, 1.165) is 5.56 Å². The molecule has 112 valence electrons. The van der Waals surface area contributed by atoms with Crippen molar-refractivity contribution in [2.24, 2.45) is 0 Å². The second kappa shape index (κ2) is 6.37. The molecule has 1 aliphatic heterocycles. The van der Waals surface area contributed by atoms with E-state index in [1.54, 1.807) is 36.4 Å². The first kappa shape index (κ1) is 15.7. The van der Waals surface area contributed by atoms with Gasteiger partial charge in [-0.1, -0.05) is 18.2 Å². The van der Waals surface area contributed by atoms with Crippen LogP contribution in [-0.2, 0) is 14.9 Å². The molecule has 7 heteroatoms. The summed E-state index contributed by atoms with van der Waals surface area (Å²) < 4.78 is 27.1. The molecule has 0 saturated carbocycles. The Morgan fingerprint density at radius 3 is 2.76 bits per heavy atom. The summed E-state index contributed by atoms with van der Waals surface area (Å²) in [5.41, 5.74) is 1.33. The summed E-state index contributed by atoms with van der Waals surface area (Å²) in [6, 6.07) is 8.47. The molecule has 2 atom stereocenters. The van der Waals surface area contributed by atoms with Gasteiger partial charge < -0.3 is 0 Å². The Labute approximate surface area is 124 Å². The second-order valence-electron chi connectivity index (χ2n) is 4.74. The van der Waals surface area contributed by atoms with E-state index in [2.05, 4.69) is 11.3 Å². The topological polar surface area (TPSA) is 82.4 Å². The highest BCUT2D eigenvalue weighted by molar-refractivity contribution is 7.90. The van der Waals surface area contributed by atoms with Crippen LogP contribution in [0.4, 0.5) is 0 Å². The van der Waals surface area contributed by atoms with E-state index in [0.29, 0.717) is 5.56 Å². The standard InChI is InChI=1S/C14H17N3O3S/c1-3-8-16-21(18,19)13-10-20-17(2)14(13)12-6-4-11(9-15)5-7-12/h3-7,13-14,16H,1,8,10H2,2H3. The van der Waals surface area contributed by atoms with Gasteiger partial charge >= 0.3 is 0 Å². The third-order valence-electron chi connectivity index (χ3n) is 3.40. The average Bonchev–Trinajstić information content (AvgIpc) is 2.88. The van der Waals surface area contributed by atoms with Gasteiger partial charge in [0.25, 0.3) is 0 Å². The van der Waals surface area contributed by atoms with Crippen LogP contribution in [-0.4, -0.2) is 38.9 Å². The summed E-state index contributed by atoms with van der Waals surface area (Å²) in [7, 11) is -1.82. The summed E-state index contributed by atoms with van der Waals surface area (Å²) >= 11 is 0. The van der Waals surface area contributed by atoms with Crippen LogP contribution in [0.15, 0.2) is 36.9 Å². The van der Waals surface area contributed by atoms with Gasteiger partial charge in [-0.2, -0.15) is 10.3 Å². The molecule has 1 aromatic carbocycles. The Morgan fingerprint density at radius 1 is 1.52 bits per heavy atom. The van der Waals surface area contributed by atoms with E-state index >= 15 is 0 Å². The van der Waals surface area contributed by atoms with Crippen LogP contribution in [0.5, 0.6) is 0 Å². The van der Waals surface area contributed by atoms with Gasteiger partial charge in [-0.15, -0.1) is 6.58 Å². The summed E-state index contributed by atoms with van der Waals surface area (Å²) in [6.07, 6.45) is 1.49. The molecule has 21 heavy (non-hydrogen) atoms. The number of benzene rings is 1. The molecule has 1 heterocycles. The minimum atomic E-state index is -3.52. The van der Waals surface area contributed by atoms with Gasteiger partial charge in [-0.25, -0.2) is 13.1 Å². The molecular formula is C14H17N3O3S. The van der Waals surface area contributed by atoms with Gasteiger partial charge in [0.2, 0.25) is 10.0 Å². The van der Waals surface area contributed by atoms with Gasteiger partial charge in [0.1, 0.15) is 5.25 Å². The summed E-state index contributed by atoms with van der Waals surface area (Å²) in [5, 5.41) is 9.65. The van der Waals surface area contributed by atoms with Crippen molar-refractivity contribution in [2.75, 3.05) is 20.2 Å². The lowest BCUT2D eigenvalue weighted by Crippen LogP contribution is -2.39. The number of sulfonamides is 1. The number of rotatable bonds is 5. The van der Waals surface area contributed by atoms with E-state index in [-0.39, 0.29) is 13.2 Å². The molecule has 1 aliphatic rings. The molecule has 0 amide bonds. The highest BCUT2D eigenvalue weighted by Crippen LogP contribution is 2.33. The normalized spacial score (nSPS) is 22.9. The Kier molecular flexibility index (Phi) is 4.75. The lowest BCUT2D eigenvalue weighted by Gasteiger charge is -2.23. The first-order valence-corrected chi connectivity index (χ1v) is 7.99. The van der Waals surface area contributed by atoms with Crippen LogP contribution < -0.4 is 4.72 Å². The fraction of sp³-hybridized carbons (Fsp3) is 0.357. The maximum Gasteiger partial charge on any atom is 0.219 e. The molecule has 0 aliphatic carbocycles. The van der Waals surface area contributed by atoms with Crippen LogP contribution in [0.2, 0.25) is 0 Å². The van der Waals surface area contributed by atoms with E-state index in [1.165, 1.54) is 6.08 Å². The predicted molar refractivity (Wildman–Crippen MR) is 78.5 cm³/mol. The minimum Gasteiger partial charge on any atom is -0.297 e. The predicted octanol–water partition coefficient (Wildman–Crippen LogP) is 0.950. The third kappa shape index (κ3) is 3.31. The van der Waals surface area contributed by atoms with Crippen molar-refractivity contribution < 1.29 is 13.3 Å². The Bertz CT molecular complexity index is 649. The molecule has 1 fully saturated rings. The lowest BCUT2D eigenvalue weighted by atomic mass is 10.0. The van der Waals surface area contributed by atoms with E-state index < -0.39 is 21.3 Å². The largest absolute Gasteiger partial charge is 0.297 e. The Hall–Kier alpha value is -1.72. The minimum absolute atomic E-state index is 0.0909. The van der Waals surface area contributed by atoms with Crippen molar-refractivity contribution in [3.8, 4) is 6.07 Å². The zero-order valence-corrected chi connectivity index (χ0v) is 12.5. The van der Waals surface area contributed by atoms with Gasteiger partial charge in [0.05, 0.1) is 24.3 Å². The lowest BCUT2D eigenvalue weighted by molar-refractivity contribution is -0.110. The molecule has 0 aromatic heterocycles. The molecule has 2 unspecified atom stereocenters. The van der Waals surface area contributed by atoms with Crippen LogP contribution >= 0.6 is 0 Å². The number of nitrogens with one attached hydrogen (secondary N) is 1. The van der Waals surface area contributed by atoms with Gasteiger partial charge in [-0.05, 0) is 17.7 Å². The van der Waals surface area contributed by atoms with Gasteiger partial charge in [0, 0.05) is 13.6 Å². The van der Waals surface area contributed by atoms with Crippen LogP contribution in [0, 0.1) is 11.3 Å². The molecule has 1 N–H and O–H groups in total. The van der Waals surface area contributed by atoms with Crippen LogP contribution in [0.1, 0.15) is 17.2 Å². The molecule has 1 aromatic rings. The Balaban J connectivity index is 2.30. The molecule has 2 rings (SSSR count). The molecular weight excluding hydrogens is 290 g/mol. The van der Waals surface area contributed by atoms with Crippen LogP contribution in [0.25, 0.3) is 0 Å². The van der Waals surface area contributed by atoms with Gasteiger partial charge in [0.15, 0.2) is 0 Å². The first-order valence-electron chi connectivity index (χ1n) is 6.45. The third-order valence-corrected chi connectivity index (χ3v) is 5.16. The zero-order valence-electron chi connectivity index (χ0n) is 11.7. The maximum atomic E-state index is 12.3. The van der Waals surface area contributed by atoms with Crippen molar-refractivity contribution in [3.63, 3.8) is 0 Å². The highest BCUT2D eigenvalue weighted by atomic mass is 32.2. The second-order valence-corrected chi connectivity index (χ2v) is 6.73. The molecule has 1 saturated heterocycles. The first-order chi connectivity index (χ1) is 9.99. The number of nitrogens with zero attached hydrogens (tertiary/aromatic N) is 2. The van der Waals surface area contributed by atoms with Crippen molar-refractivity contribution >= 4 is 10.0 Å². The average molecular weight is 307 g/mol. The molecule has 0 bridgehead atoms. The smallest absolute Gasteiger partial charge is 0.219 e.